The predicted molar refractivity (Wildman–Crippen MR) is 32.8 cm³/mol. The molecule has 0 aliphatic carbocycles. The average Bonchev–Trinajstić information content (AvgIpc) is 1.35. The summed E-state index contributed by atoms with van der Waals surface area (Å²) in [6.45, 7) is 4.23. The van der Waals surface area contributed by atoms with Gasteiger partial charge in [-0.15, -0.1) is 0 Å². The Kier molecular flexibility index (Phi) is 2.92. The van der Waals surface area contributed by atoms with Gasteiger partial charge in [0.25, 0.3) is 0 Å². The lowest BCUT2D eigenvalue weighted by atomic mass is 10.0. The first kappa shape index (κ1) is 5.80. The zero-order valence-corrected chi connectivity index (χ0v) is 4.78. The van der Waals surface area contributed by atoms with E-state index in [1.165, 1.54) is 11.9 Å². The van der Waals surface area contributed by atoms with E-state index in [1.54, 1.807) is 0 Å². The Morgan fingerprint density at radius 2 is 2.17 bits per heavy atom. The Morgan fingerprint density at radius 3 is 2.17 bits per heavy atom. The number of hydrogen-bond donors (Lipinski definition) is 0. The summed E-state index contributed by atoms with van der Waals surface area (Å²) in [5, 5.41) is 0. The minimum Gasteiger partial charge on any atom is -0.0938 e. The predicted octanol–water partition coefficient (Wildman–Crippen LogP) is 1.00. The normalized spacial score (nSPS) is 7.67. The molecule has 34 valence electrons. The molecule has 0 aromatic rings. The zero-order valence-electron chi connectivity index (χ0n) is 4.78. The van der Waals surface area contributed by atoms with Crippen LogP contribution in [0.1, 0.15) is 13.8 Å². The molecule has 0 unspecified atom stereocenters. The summed E-state index contributed by atoms with van der Waals surface area (Å²) in [7, 11) is 2.15. The van der Waals surface area contributed by atoms with E-state index >= 15 is 0 Å². The maximum absolute atomic E-state index is 2.21. The van der Waals surface area contributed by atoms with Gasteiger partial charge in [0.1, 0.15) is 7.85 Å². The molecule has 0 radical (unpaired) electrons. The van der Waals surface area contributed by atoms with Gasteiger partial charge in [-0.2, -0.15) is 0 Å². The van der Waals surface area contributed by atoms with Crippen LogP contribution in [-0.4, -0.2) is 7.85 Å². The molecule has 0 atom stereocenters. The Morgan fingerprint density at radius 1 is 1.67 bits per heavy atom. The van der Waals surface area contributed by atoms with E-state index in [-0.39, 0.29) is 0 Å². The lowest BCUT2D eigenvalue weighted by molar-refractivity contribution is 1.36. The molecular weight excluding hydrogens is 70.9 g/mol. The summed E-state index contributed by atoms with van der Waals surface area (Å²) in [5.41, 5.74) is 1.41. The van der Waals surface area contributed by atoms with Crippen molar-refractivity contribution in [2.45, 2.75) is 20.2 Å². The molecule has 0 bridgehead atoms. The van der Waals surface area contributed by atoms with Gasteiger partial charge in [-0.3, -0.25) is 0 Å². The number of allylic oxidation sites excluding steroid dienone is 2. The van der Waals surface area contributed by atoms with Gasteiger partial charge in [0.2, 0.25) is 0 Å². The largest absolute Gasteiger partial charge is 0.106 e. The van der Waals surface area contributed by atoms with Gasteiger partial charge < -0.3 is 0 Å². The van der Waals surface area contributed by atoms with E-state index in [9.17, 15) is 0 Å². The van der Waals surface area contributed by atoms with Gasteiger partial charge in [-0.25, -0.2) is 0 Å². The first-order valence-electron chi connectivity index (χ1n) is 2.40. The molecule has 0 spiro atoms. The minimum atomic E-state index is 1.17. The summed E-state index contributed by atoms with van der Waals surface area (Å²) in [6.07, 6.45) is 3.38. The summed E-state index contributed by atoms with van der Waals surface area (Å²) < 4.78 is 0. The topological polar surface area (TPSA) is 0 Å². The van der Waals surface area contributed by atoms with Crippen molar-refractivity contribution in [1.82, 2.24) is 0 Å². The summed E-state index contributed by atoms with van der Waals surface area (Å²) in [6, 6.07) is 0. The zero-order chi connectivity index (χ0) is 4.99. The van der Waals surface area contributed by atoms with Crippen LogP contribution in [0.15, 0.2) is 11.6 Å². The first-order valence-corrected chi connectivity index (χ1v) is 2.40. The van der Waals surface area contributed by atoms with E-state index in [1.807, 2.05) is 0 Å². The van der Waals surface area contributed by atoms with E-state index in [0.717, 1.165) is 0 Å². The molecule has 0 heterocycles. The van der Waals surface area contributed by atoms with E-state index in [0.29, 0.717) is 0 Å². The van der Waals surface area contributed by atoms with Crippen LogP contribution in [0.2, 0.25) is 6.32 Å². The quantitative estimate of drug-likeness (QED) is 0.327. The lowest BCUT2D eigenvalue weighted by Crippen LogP contribution is -1.61. The fourth-order valence-electron chi connectivity index (χ4n) is 0.408. The van der Waals surface area contributed by atoms with Crippen LogP contribution in [0.4, 0.5) is 0 Å². The van der Waals surface area contributed by atoms with Crippen molar-refractivity contribution in [3.8, 4) is 0 Å². The van der Waals surface area contributed by atoms with Gasteiger partial charge >= 0.3 is 0 Å². The van der Waals surface area contributed by atoms with Crippen molar-refractivity contribution in [2.24, 2.45) is 0 Å². The molecule has 0 aromatic carbocycles. The molecule has 0 aliphatic heterocycles. The maximum atomic E-state index is 2.21. The minimum absolute atomic E-state index is 1.17. The second kappa shape index (κ2) is 3.01. The van der Waals surface area contributed by atoms with Crippen molar-refractivity contribution in [1.29, 1.82) is 0 Å². The van der Waals surface area contributed by atoms with Crippen molar-refractivity contribution < 1.29 is 0 Å². The molecule has 6 heavy (non-hydrogen) atoms. The standard InChI is InChI=1S/C5H11B/c1-5(2)3-4-6/h3H,4,6H2,1-2H3. The Balaban J connectivity index is 3.14. The molecule has 0 saturated carbocycles. The average molecular weight is 82.0 g/mol. The molecule has 0 rings (SSSR count). The van der Waals surface area contributed by atoms with Crippen LogP contribution >= 0.6 is 0 Å². The monoisotopic (exact) mass is 82.1 g/mol. The summed E-state index contributed by atoms with van der Waals surface area (Å²) in [4.78, 5) is 0. The van der Waals surface area contributed by atoms with Crippen molar-refractivity contribution >= 4 is 7.85 Å². The summed E-state index contributed by atoms with van der Waals surface area (Å²) in [5.74, 6) is 0. The van der Waals surface area contributed by atoms with Crippen LogP contribution in [0, 0.1) is 0 Å². The van der Waals surface area contributed by atoms with Crippen molar-refractivity contribution in [3.63, 3.8) is 0 Å². The summed E-state index contributed by atoms with van der Waals surface area (Å²) >= 11 is 0. The van der Waals surface area contributed by atoms with Crippen molar-refractivity contribution in [2.75, 3.05) is 0 Å². The van der Waals surface area contributed by atoms with Gasteiger partial charge in [-0.05, 0) is 13.8 Å². The van der Waals surface area contributed by atoms with Crippen LogP contribution < -0.4 is 0 Å². The molecule has 0 aromatic heterocycles. The Labute approximate surface area is 40.7 Å². The van der Waals surface area contributed by atoms with E-state index in [4.69, 9.17) is 0 Å². The van der Waals surface area contributed by atoms with E-state index in [2.05, 4.69) is 27.8 Å². The van der Waals surface area contributed by atoms with Crippen LogP contribution in [0.5, 0.6) is 0 Å². The number of rotatable bonds is 1. The highest BCUT2D eigenvalue weighted by molar-refractivity contribution is 6.09. The fraction of sp³-hybridized carbons (Fsp3) is 0.600. The molecule has 0 N–H and O–H groups in total. The SMILES string of the molecule is BCC=C(C)C. The second-order valence-electron chi connectivity index (χ2n) is 1.69. The third-order valence-electron chi connectivity index (χ3n) is 0.612. The lowest BCUT2D eigenvalue weighted by Gasteiger charge is -1.79. The third kappa shape index (κ3) is 3.80. The van der Waals surface area contributed by atoms with Gasteiger partial charge in [-0.1, -0.05) is 18.0 Å². The highest BCUT2D eigenvalue weighted by atomic mass is 13.7. The van der Waals surface area contributed by atoms with Crippen LogP contribution in [0.3, 0.4) is 0 Å². The maximum Gasteiger partial charge on any atom is 0.106 e. The smallest absolute Gasteiger partial charge is 0.0938 e. The van der Waals surface area contributed by atoms with Gasteiger partial charge in [0, 0.05) is 0 Å². The highest BCUT2D eigenvalue weighted by Gasteiger charge is 1.67. The first-order chi connectivity index (χ1) is 2.77. The van der Waals surface area contributed by atoms with Gasteiger partial charge in [0.15, 0.2) is 0 Å². The van der Waals surface area contributed by atoms with Crippen LogP contribution in [-0.2, 0) is 0 Å². The third-order valence-corrected chi connectivity index (χ3v) is 0.612. The molecule has 1 heteroatoms. The molecule has 0 fully saturated rings. The molecule has 0 amide bonds. The fourth-order valence-corrected chi connectivity index (χ4v) is 0.408. The molecular formula is C5H11B. The second-order valence-corrected chi connectivity index (χ2v) is 1.69. The van der Waals surface area contributed by atoms with Crippen molar-refractivity contribution in [3.05, 3.63) is 11.6 Å². The Hall–Kier alpha value is -0.195. The van der Waals surface area contributed by atoms with E-state index < -0.39 is 0 Å². The molecule has 0 nitrogen and oxygen atoms in total. The molecule has 0 aliphatic rings. The Bertz CT molecular complexity index is 51.0. The highest BCUT2D eigenvalue weighted by Crippen LogP contribution is 1.87. The number of hydrogen-bond acceptors (Lipinski definition) is 0. The van der Waals surface area contributed by atoms with Gasteiger partial charge in [0.05, 0.1) is 0 Å². The molecule has 0 saturated heterocycles. The van der Waals surface area contributed by atoms with Crippen LogP contribution in [0.25, 0.3) is 0 Å².